The van der Waals surface area contributed by atoms with E-state index < -0.39 is 0 Å². The SMILES string of the molecule is C=C(C)c1cncc(Br)c1. The summed E-state index contributed by atoms with van der Waals surface area (Å²) >= 11 is 3.33. The summed E-state index contributed by atoms with van der Waals surface area (Å²) in [6, 6.07) is 2.00. The van der Waals surface area contributed by atoms with Crippen molar-refractivity contribution < 1.29 is 0 Å². The van der Waals surface area contributed by atoms with Gasteiger partial charge in [-0.1, -0.05) is 6.58 Å². The maximum Gasteiger partial charge on any atom is 0.0410 e. The Morgan fingerprint density at radius 1 is 1.60 bits per heavy atom. The fraction of sp³-hybridized carbons (Fsp3) is 0.125. The molecule has 0 bridgehead atoms. The fourth-order valence-electron chi connectivity index (χ4n) is 0.645. The zero-order valence-corrected chi connectivity index (χ0v) is 7.35. The van der Waals surface area contributed by atoms with Crippen LogP contribution >= 0.6 is 15.9 Å². The van der Waals surface area contributed by atoms with E-state index in [0.717, 1.165) is 15.6 Å². The summed E-state index contributed by atoms with van der Waals surface area (Å²) in [5.41, 5.74) is 2.11. The predicted molar refractivity (Wildman–Crippen MR) is 46.6 cm³/mol. The van der Waals surface area contributed by atoms with E-state index >= 15 is 0 Å². The van der Waals surface area contributed by atoms with Gasteiger partial charge in [0.1, 0.15) is 0 Å². The highest BCUT2D eigenvalue weighted by Crippen LogP contribution is 2.14. The molecular weight excluding hydrogens is 190 g/mol. The lowest BCUT2D eigenvalue weighted by Crippen LogP contribution is -1.79. The second-order valence-corrected chi connectivity index (χ2v) is 3.09. The number of hydrogen-bond donors (Lipinski definition) is 0. The summed E-state index contributed by atoms with van der Waals surface area (Å²) in [6.07, 6.45) is 3.56. The van der Waals surface area contributed by atoms with E-state index in [2.05, 4.69) is 27.5 Å². The third-order valence-corrected chi connectivity index (χ3v) is 1.63. The first-order valence-electron chi connectivity index (χ1n) is 2.96. The lowest BCUT2D eigenvalue weighted by atomic mass is 10.2. The van der Waals surface area contributed by atoms with E-state index in [1.165, 1.54) is 0 Å². The molecule has 1 rings (SSSR count). The molecule has 0 fully saturated rings. The van der Waals surface area contributed by atoms with E-state index in [9.17, 15) is 0 Å². The Bertz CT molecular complexity index is 255. The van der Waals surface area contributed by atoms with Crippen LogP contribution in [0.1, 0.15) is 12.5 Å². The van der Waals surface area contributed by atoms with Crippen molar-refractivity contribution in [2.75, 3.05) is 0 Å². The Balaban J connectivity index is 3.07. The second kappa shape index (κ2) is 2.97. The summed E-state index contributed by atoms with van der Waals surface area (Å²) in [6.45, 7) is 5.77. The maximum atomic E-state index is 4.00. The molecule has 52 valence electrons. The van der Waals surface area contributed by atoms with Crippen LogP contribution in [0.3, 0.4) is 0 Å². The molecule has 0 spiro atoms. The molecule has 0 aliphatic heterocycles. The molecule has 0 atom stereocenters. The Morgan fingerprint density at radius 3 is 2.70 bits per heavy atom. The first kappa shape index (κ1) is 7.48. The molecular formula is C8H8BrN. The van der Waals surface area contributed by atoms with Crippen molar-refractivity contribution in [2.24, 2.45) is 0 Å². The minimum Gasteiger partial charge on any atom is -0.263 e. The molecule has 0 aromatic carbocycles. The number of hydrogen-bond acceptors (Lipinski definition) is 1. The van der Waals surface area contributed by atoms with E-state index in [-0.39, 0.29) is 0 Å². The van der Waals surface area contributed by atoms with Gasteiger partial charge in [-0.15, -0.1) is 0 Å². The molecule has 2 heteroatoms. The van der Waals surface area contributed by atoms with Crippen LogP contribution in [0.5, 0.6) is 0 Å². The van der Waals surface area contributed by atoms with Gasteiger partial charge >= 0.3 is 0 Å². The number of nitrogens with zero attached hydrogens (tertiary/aromatic N) is 1. The number of pyridine rings is 1. The largest absolute Gasteiger partial charge is 0.263 e. The third kappa shape index (κ3) is 1.67. The number of aromatic nitrogens is 1. The highest BCUT2D eigenvalue weighted by atomic mass is 79.9. The minimum absolute atomic E-state index is 0.994. The number of halogens is 1. The van der Waals surface area contributed by atoms with Crippen LogP contribution < -0.4 is 0 Å². The van der Waals surface area contributed by atoms with E-state index in [1.807, 2.05) is 13.0 Å². The highest BCUT2D eigenvalue weighted by Gasteiger charge is 1.92. The van der Waals surface area contributed by atoms with Crippen molar-refractivity contribution in [1.82, 2.24) is 4.98 Å². The molecule has 1 aromatic rings. The molecule has 0 saturated heterocycles. The van der Waals surface area contributed by atoms with Crippen LogP contribution in [-0.4, -0.2) is 4.98 Å². The molecule has 1 heterocycles. The quantitative estimate of drug-likeness (QED) is 0.675. The van der Waals surface area contributed by atoms with Gasteiger partial charge in [-0.05, 0) is 40.1 Å². The van der Waals surface area contributed by atoms with Gasteiger partial charge in [-0.2, -0.15) is 0 Å². The fourth-order valence-corrected chi connectivity index (χ4v) is 1.01. The van der Waals surface area contributed by atoms with Crippen LogP contribution in [0.15, 0.2) is 29.5 Å². The molecule has 1 nitrogen and oxygen atoms in total. The normalized spacial score (nSPS) is 9.40. The topological polar surface area (TPSA) is 12.9 Å². The first-order chi connectivity index (χ1) is 4.70. The molecule has 0 amide bonds. The van der Waals surface area contributed by atoms with Gasteiger partial charge in [-0.3, -0.25) is 4.98 Å². The van der Waals surface area contributed by atoms with Crippen LogP contribution in [0, 0.1) is 0 Å². The maximum absolute atomic E-state index is 4.00. The number of rotatable bonds is 1. The minimum atomic E-state index is 0.994. The molecule has 0 aliphatic rings. The van der Waals surface area contributed by atoms with Gasteiger partial charge in [0.25, 0.3) is 0 Å². The van der Waals surface area contributed by atoms with Gasteiger partial charge in [0.2, 0.25) is 0 Å². The van der Waals surface area contributed by atoms with Crippen molar-refractivity contribution in [3.8, 4) is 0 Å². The molecule has 0 radical (unpaired) electrons. The predicted octanol–water partition coefficient (Wildman–Crippen LogP) is 2.88. The van der Waals surface area contributed by atoms with Crippen molar-refractivity contribution >= 4 is 21.5 Å². The van der Waals surface area contributed by atoms with Gasteiger partial charge in [0.05, 0.1) is 0 Å². The van der Waals surface area contributed by atoms with Crippen molar-refractivity contribution in [3.05, 3.63) is 35.1 Å². The first-order valence-corrected chi connectivity index (χ1v) is 3.76. The van der Waals surface area contributed by atoms with Gasteiger partial charge in [0.15, 0.2) is 0 Å². The van der Waals surface area contributed by atoms with Crippen LogP contribution in [0.2, 0.25) is 0 Å². The van der Waals surface area contributed by atoms with Crippen molar-refractivity contribution in [1.29, 1.82) is 0 Å². The standard InChI is InChI=1S/C8H8BrN/c1-6(2)7-3-8(9)5-10-4-7/h3-5H,1H2,2H3. The molecule has 0 saturated carbocycles. The molecule has 0 unspecified atom stereocenters. The van der Waals surface area contributed by atoms with Crippen LogP contribution in [0.25, 0.3) is 5.57 Å². The lowest BCUT2D eigenvalue weighted by Gasteiger charge is -1.97. The smallest absolute Gasteiger partial charge is 0.0410 e. The van der Waals surface area contributed by atoms with E-state index in [4.69, 9.17) is 0 Å². The summed E-state index contributed by atoms with van der Waals surface area (Å²) in [7, 11) is 0. The summed E-state index contributed by atoms with van der Waals surface area (Å²) in [5, 5.41) is 0. The summed E-state index contributed by atoms with van der Waals surface area (Å²) in [5.74, 6) is 0. The molecule has 10 heavy (non-hydrogen) atoms. The average Bonchev–Trinajstić information content (AvgIpc) is 1.88. The Hall–Kier alpha value is -0.630. The van der Waals surface area contributed by atoms with Gasteiger partial charge in [0, 0.05) is 16.9 Å². The zero-order valence-electron chi connectivity index (χ0n) is 5.76. The Kier molecular flexibility index (Phi) is 2.22. The molecule has 1 aromatic heterocycles. The second-order valence-electron chi connectivity index (χ2n) is 2.17. The molecule has 0 N–H and O–H groups in total. The van der Waals surface area contributed by atoms with E-state index in [1.54, 1.807) is 12.4 Å². The summed E-state index contributed by atoms with van der Waals surface area (Å²) in [4.78, 5) is 4.00. The van der Waals surface area contributed by atoms with Gasteiger partial charge in [-0.25, -0.2) is 0 Å². The monoisotopic (exact) mass is 197 g/mol. The zero-order chi connectivity index (χ0) is 7.56. The number of allylic oxidation sites excluding steroid dienone is 1. The van der Waals surface area contributed by atoms with Gasteiger partial charge < -0.3 is 0 Å². The van der Waals surface area contributed by atoms with Crippen LogP contribution in [-0.2, 0) is 0 Å². The van der Waals surface area contributed by atoms with E-state index in [0.29, 0.717) is 0 Å². The van der Waals surface area contributed by atoms with Crippen molar-refractivity contribution in [2.45, 2.75) is 6.92 Å². The van der Waals surface area contributed by atoms with Crippen LogP contribution in [0.4, 0.5) is 0 Å². The molecule has 0 aliphatic carbocycles. The lowest BCUT2D eigenvalue weighted by molar-refractivity contribution is 1.29. The Morgan fingerprint density at radius 2 is 2.30 bits per heavy atom. The Labute approximate surface area is 68.9 Å². The third-order valence-electron chi connectivity index (χ3n) is 1.20. The average molecular weight is 198 g/mol. The highest BCUT2D eigenvalue weighted by molar-refractivity contribution is 9.10. The summed E-state index contributed by atoms with van der Waals surface area (Å²) < 4.78 is 0.994. The van der Waals surface area contributed by atoms with Crippen molar-refractivity contribution in [3.63, 3.8) is 0 Å².